The van der Waals surface area contributed by atoms with Gasteiger partial charge in [0.05, 0.1) is 0 Å². The van der Waals surface area contributed by atoms with Crippen LogP contribution in [-0.4, -0.2) is 19.9 Å². The molecule has 0 fully saturated rings. The van der Waals surface area contributed by atoms with Crippen LogP contribution in [0.1, 0.15) is 17.1 Å². The van der Waals surface area contributed by atoms with Gasteiger partial charge in [0.15, 0.2) is 5.16 Å². The van der Waals surface area contributed by atoms with E-state index in [4.69, 9.17) is 5.84 Å². The molecule has 0 aliphatic rings. The number of hydrogen-bond acceptors (Lipinski definition) is 7. The zero-order chi connectivity index (χ0) is 13.1. The zero-order valence-electron chi connectivity index (χ0n) is 10.4. The van der Waals surface area contributed by atoms with Crippen LogP contribution in [0, 0.1) is 20.8 Å². The number of anilines is 1. The summed E-state index contributed by atoms with van der Waals surface area (Å²) in [6, 6.07) is 1.86. The monoisotopic (exact) mass is 262 g/mol. The number of nitrogen functional groups attached to an aromatic ring is 1. The lowest BCUT2D eigenvalue weighted by Gasteiger charge is -2.09. The number of hydrazine groups is 1. The minimum atomic E-state index is 0.623. The normalized spacial score (nSPS) is 10.4. The molecule has 18 heavy (non-hydrogen) atoms. The molecular formula is C11H14N6S. The minimum absolute atomic E-state index is 0.623. The van der Waals surface area contributed by atoms with E-state index < -0.39 is 0 Å². The highest BCUT2D eigenvalue weighted by molar-refractivity contribution is 7.99. The van der Waals surface area contributed by atoms with Crippen LogP contribution in [0.3, 0.4) is 0 Å². The van der Waals surface area contributed by atoms with Crippen molar-refractivity contribution >= 4 is 17.6 Å². The van der Waals surface area contributed by atoms with Crippen molar-refractivity contribution in [3.05, 3.63) is 29.3 Å². The molecule has 0 aliphatic heterocycles. The average Bonchev–Trinajstić information content (AvgIpc) is 2.33. The standard InChI is InChI=1S/C11H14N6S/c1-6-4-5-13-11(14-6)18-10-7(2)9(17-12)15-8(3)16-10/h4-5H,12H2,1-3H3,(H,15,16,17). The van der Waals surface area contributed by atoms with Gasteiger partial charge < -0.3 is 5.43 Å². The number of nitrogens with two attached hydrogens (primary N) is 1. The molecule has 2 heterocycles. The SMILES string of the molecule is Cc1ccnc(Sc2nc(C)nc(NN)c2C)n1. The molecule has 7 heteroatoms. The average molecular weight is 262 g/mol. The number of nitrogens with one attached hydrogen (secondary N) is 1. The maximum atomic E-state index is 5.43. The van der Waals surface area contributed by atoms with Crippen molar-refractivity contribution in [3.63, 3.8) is 0 Å². The lowest BCUT2D eigenvalue weighted by Crippen LogP contribution is -2.12. The molecular weight excluding hydrogens is 248 g/mol. The van der Waals surface area contributed by atoms with Gasteiger partial charge in [0.1, 0.15) is 16.7 Å². The lowest BCUT2D eigenvalue weighted by molar-refractivity contribution is 0.905. The molecule has 2 aromatic heterocycles. The zero-order valence-corrected chi connectivity index (χ0v) is 11.2. The van der Waals surface area contributed by atoms with Crippen LogP contribution in [0.2, 0.25) is 0 Å². The number of aromatic nitrogens is 4. The third-order valence-electron chi connectivity index (χ3n) is 2.31. The van der Waals surface area contributed by atoms with E-state index in [1.54, 1.807) is 6.20 Å². The molecule has 0 aliphatic carbocycles. The van der Waals surface area contributed by atoms with Crippen LogP contribution >= 0.6 is 11.8 Å². The summed E-state index contributed by atoms with van der Waals surface area (Å²) >= 11 is 1.40. The molecule has 2 aromatic rings. The van der Waals surface area contributed by atoms with Gasteiger partial charge in [0.2, 0.25) is 0 Å². The molecule has 0 saturated carbocycles. The van der Waals surface area contributed by atoms with Crippen LogP contribution in [-0.2, 0) is 0 Å². The summed E-state index contributed by atoms with van der Waals surface area (Å²) in [7, 11) is 0. The highest BCUT2D eigenvalue weighted by Crippen LogP contribution is 2.28. The Labute approximate surface area is 109 Å². The summed E-state index contributed by atoms with van der Waals surface area (Å²) in [5.41, 5.74) is 4.38. The number of hydrogen-bond donors (Lipinski definition) is 2. The predicted molar refractivity (Wildman–Crippen MR) is 70.2 cm³/mol. The van der Waals surface area contributed by atoms with Gasteiger partial charge >= 0.3 is 0 Å². The van der Waals surface area contributed by atoms with E-state index in [0.717, 1.165) is 16.3 Å². The summed E-state index contributed by atoms with van der Waals surface area (Å²) in [5.74, 6) is 6.70. The fraction of sp³-hybridized carbons (Fsp3) is 0.273. The van der Waals surface area contributed by atoms with Gasteiger partial charge in [0, 0.05) is 17.5 Å². The number of nitrogens with zero attached hydrogens (tertiary/aromatic N) is 4. The van der Waals surface area contributed by atoms with Crippen LogP contribution < -0.4 is 11.3 Å². The van der Waals surface area contributed by atoms with Crippen molar-refractivity contribution in [1.82, 2.24) is 19.9 Å². The predicted octanol–water partition coefficient (Wildman–Crippen LogP) is 1.63. The molecule has 0 aromatic carbocycles. The van der Waals surface area contributed by atoms with Crippen LogP contribution in [0.5, 0.6) is 0 Å². The molecule has 94 valence electrons. The van der Waals surface area contributed by atoms with Crippen molar-refractivity contribution in [2.45, 2.75) is 31.0 Å². The maximum absolute atomic E-state index is 5.43. The summed E-state index contributed by atoms with van der Waals surface area (Å²) in [5, 5.41) is 1.47. The molecule has 0 atom stereocenters. The second-order valence-electron chi connectivity index (χ2n) is 3.78. The molecule has 0 unspecified atom stereocenters. The van der Waals surface area contributed by atoms with E-state index in [0.29, 0.717) is 16.8 Å². The van der Waals surface area contributed by atoms with E-state index in [9.17, 15) is 0 Å². The largest absolute Gasteiger partial charge is 0.308 e. The first-order chi connectivity index (χ1) is 8.60. The number of aryl methyl sites for hydroxylation is 2. The first kappa shape index (κ1) is 12.7. The van der Waals surface area contributed by atoms with Gasteiger partial charge in [-0.05, 0) is 38.6 Å². The van der Waals surface area contributed by atoms with E-state index in [2.05, 4.69) is 25.4 Å². The number of rotatable bonds is 3. The maximum Gasteiger partial charge on any atom is 0.194 e. The fourth-order valence-electron chi connectivity index (χ4n) is 1.40. The Morgan fingerprint density at radius 2 is 1.94 bits per heavy atom. The second kappa shape index (κ2) is 5.28. The van der Waals surface area contributed by atoms with Gasteiger partial charge in [-0.2, -0.15) is 0 Å². The van der Waals surface area contributed by atoms with Gasteiger partial charge in [0.25, 0.3) is 0 Å². The topological polar surface area (TPSA) is 89.6 Å². The van der Waals surface area contributed by atoms with Gasteiger partial charge in [-0.3, -0.25) is 0 Å². The first-order valence-corrected chi connectivity index (χ1v) is 6.21. The highest BCUT2D eigenvalue weighted by atomic mass is 32.2. The molecule has 0 radical (unpaired) electrons. The Bertz CT molecular complexity index is 571. The second-order valence-corrected chi connectivity index (χ2v) is 4.73. The summed E-state index contributed by atoms with van der Waals surface area (Å²) in [4.78, 5) is 17.1. The molecule has 0 saturated heterocycles. The van der Waals surface area contributed by atoms with Crippen molar-refractivity contribution in [1.29, 1.82) is 0 Å². The lowest BCUT2D eigenvalue weighted by atomic mass is 10.3. The molecule has 0 amide bonds. The van der Waals surface area contributed by atoms with Gasteiger partial charge in [-0.25, -0.2) is 25.8 Å². The third kappa shape index (κ3) is 2.74. The summed E-state index contributed by atoms with van der Waals surface area (Å²) in [6.07, 6.45) is 1.73. The Balaban J connectivity index is 2.37. The Morgan fingerprint density at radius 3 is 2.61 bits per heavy atom. The highest BCUT2D eigenvalue weighted by Gasteiger charge is 2.11. The summed E-state index contributed by atoms with van der Waals surface area (Å²) in [6.45, 7) is 5.66. The first-order valence-electron chi connectivity index (χ1n) is 5.39. The van der Waals surface area contributed by atoms with Crippen molar-refractivity contribution in [3.8, 4) is 0 Å². The third-order valence-corrected chi connectivity index (χ3v) is 3.28. The van der Waals surface area contributed by atoms with E-state index in [1.165, 1.54) is 11.8 Å². The quantitative estimate of drug-likeness (QED) is 0.376. The van der Waals surface area contributed by atoms with E-state index >= 15 is 0 Å². The Morgan fingerprint density at radius 1 is 1.17 bits per heavy atom. The molecule has 0 bridgehead atoms. The molecule has 0 spiro atoms. The minimum Gasteiger partial charge on any atom is -0.308 e. The van der Waals surface area contributed by atoms with E-state index in [1.807, 2.05) is 26.8 Å². The van der Waals surface area contributed by atoms with Crippen molar-refractivity contribution < 1.29 is 0 Å². The smallest absolute Gasteiger partial charge is 0.194 e. The molecule has 6 nitrogen and oxygen atoms in total. The van der Waals surface area contributed by atoms with Crippen molar-refractivity contribution in [2.24, 2.45) is 5.84 Å². The molecule has 2 rings (SSSR count). The van der Waals surface area contributed by atoms with Gasteiger partial charge in [-0.15, -0.1) is 0 Å². The Kier molecular flexibility index (Phi) is 3.73. The van der Waals surface area contributed by atoms with E-state index in [-0.39, 0.29) is 0 Å². The fourth-order valence-corrected chi connectivity index (χ4v) is 2.31. The van der Waals surface area contributed by atoms with Crippen molar-refractivity contribution in [2.75, 3.05) is 5.43 Å². The van der Waals surface area contributed by atoms with Crippen LogP contribution in [0.15, 0.2) is 22.4 Å². The molecule has 3 N–H and O–H groups in total. The van der Waals surface area contributed by atoms with Crippen LogP contribution in [0.25, 0.3) is 0 Å². The van der Waals surface area contributed by atoms with Crippen LogP contribution in [0.4, 0.5) is 5.82 Å². The van der Waals surface area contributed by atoms with Gasteiger partial charge in [-0.1, -0.05) is 0 Å². The Hall–Kier alpha value is -1.73. The summed E-state index contributed by atoms with van der Waals surface area (Å²) < 4.78 is 0.